The molecule has 0 saturated carbocycles. The summed E-state index contributed by atoms with van der Waals surface area (Å²) in [6.07, 6.45) is 9.61. The number of rotatable bonds is 6. The number of allylic oxidation sites excluding steroid dienone is 3. The Labute approximate surface area is 133 Å². The van der Waals surface area contributed by atoms with Gasteiger partial charge in [-0.2, -0.15) is 0 Å². The van der Waals surface area contributed by atoms with E-state index in [-0.39, 0.29) is 18.6 Å². The summed E-state index contributed by atoms with van der Waals surface area (Å²) in [5, 5.41) is 20.5. The molecule has 4 N–H and O–H groups in total. The number of carboxylic acids is 1. The molecule has 2 unspecified atom stereocenters. The van der Waals surface area contributed by atoms with E-state index in [2.05, 4.69) is 10.3 Å². The first kappa shape index (κ1) is 16.9. The molecule has 0 aromatic carbocycles. The minimum absolute atomic E-state index is 0.00122. The second kappa shape index (κ2) is 7.70. The Hall–Kier alpha value is -2.45. The highest BCUT2D eigenvalue weighted by molar-refractivity contribution is 5.96. The van der Waals surface area contributed by atoms with Crippen LogP contribution in [0, 0.1) is 0 Å². The zero-order valence-corrected chi connectivity index (χ0v) is 12.8. The maximum absolute atomic E-state index is 11.0. The van der Waals surface area contributed by atoms with E-state index in [4.69, 9.17) is 10.3 Å². The molecule has 2 atom stereocenters. The Balaban J connectivity index is 2.13. The van der Waals surface area contributed by atoms with Crippen molar-refractivity contribution in [1.29, 1.82) is 0 Å². The van der Waals surface area contributed by atoms with Crippen molar-refractivity contribution in [3.63, 3.8) is 0 Å². The number of carbonyl (C=O) groups excluding carboxylic acids is 1. The molecule has 8 nitrogen and oxygen atoms in total. The monoisotopic (exact) mass is 320 g/mol. The molecule has 0 bridgehead atoms. The van der Waals surface area contributed by atoms with E-state index in [0.717, 1.165) is 11.4 Å². The lowest BCUT2D eigenvalue weighted by molar-refractivity contribution is -0.137. The van der Waals surface area contributed by atoms with Crippen LogP contribution in [0.2, 0.25) is 0 Å². The molecule has 0 spiro atoms. The lowest BCUT2D eigenvalue weighted by atomic mass is 10.0. The van der Waals surface area contributed by atoms with Crippen molar-refractivity contribution in [2.75, 3.05) is 7.05 Å². The van der Waals surface area contributed by atoms with E-state index in [0.29, 0.717) is 12.8 Å². The molecule has 2 aliphatic rings. The molecule has 0 fully saturated rings. The van der Waals surface area contributed by atoms with Crippen LogP contribution in [0.15, 0.2) is 41.1 Å². The van der Waals surface area contributed by atoms with Gasteiger partial charge in [0.15, 0.2) is 0 Å². The molecule has 0 radical (unpaired) electrons. The molecular weight excluding hydrogens is 300 g/mol. The van der Waals surface area contributed by atoms with E-state index in [9.17, 15) is 9.59 Å². The topological polar surface area (TPSA) is 114 Å². The van der Waals surface area contributed by atoms with Crippen molar-refractivity contribution in [1.82, 2.24) is 15.7 Å². The molecule has 0 aromatic rings. The van der Waals surface area contributed by atoms with Crippen LogP contribution in [0.5, 0.6) is 0 Å². The van der Waals surface area contributed by atoms with Gasteiger partial charge in [0.2, 0.25) is 0 Å². The fraction of sp³-hybridized carbons (Fsp3) is 0.400. The summed E-state index contributed by atoms with van der Waals surface area (Å²) in [6.45, 7) is 0. The summed E-state index contributed by atoms with van der Waals surface area (Å²) in [6, 6.07) is -0.0369. The molecule has 0 aromatic heterocycles. The van der Waals surface area contributed by atoms with Gasteiger partial charge in [0.05, 0.1) is 12.2 Å². The second-order valence-corrected chi connectivity index (χ2v) is 5.29. The number of amidine groups is 1. The lowest BCUT2D eigenvalue weighted by Crippen LogP contribution is -2.49. The van der Waals surface area contributed by atoms with Gasteiger partial charge in [0.25, 0.3) is 5.91 Å². The molecule has 23 heavy (non-hydrogen) atoms. The van der Waals surface area contributed by atoms with Crippen molar-refractivity contribution >= 4 is 17.7 Å². The van der Waals surface area contributed by atoms with Gasteiger partial charge in [-0.25, -0.2) is 5.48 Å². The average Bonchev–Trinajstić information content (AvgIpc) is 2.56. The standard InChI is InChI=1S/C15H20N4O4/c1-16-13-8-11(4-7-15(21)22)17-12-5-2-10(9-19(12)13)3-6-14(20)18-23/h2-3,5-6,9,11,13,16,23H,4,7-8H2,1H3,(H,18,20)(H,21,22)/b6-3+. The fourth-order valence-electron chi connectivity index (χ4n) is 2.53. The minimum atomic E-state index is -0.817. The quantitative estimate of drug-likeness (QED) is 0.320. The highest BCUT2D eigenvalue weighted by Crippen LogP contribution is 2.24. The minimum Gasteiger partial charge on any atom is -0.481 e. The van der Waals surface area contributed by atoms with Gasteiger partial charge in [0, 0.05) is 25.1 Å². The van der Waals surface area contributed by atoms with Crippen LogP contribution in [0.25, 0.3) is 0 Å². The smallest absolute Gasteiger partial charge is 0.303 e. The van der Waals surface area contributed by atoms with Crippen molar-refractivity contribution in [2.45, 2.75) is 31.5 Å². The van der Waals surface area contributed by atoms with Crippen LogP contribution in [0.1, 0.15) is 19.3 Å². The van der Waals surface area contributed by atoms with Crippen LogP contribution < -0.4 is 10.8 Å². The van der Waals surface area contributed by atoms with Gasteiger partial charge in [-0.15, -0.1) is 0 Å². The van der Waals surface area contributed by atoms with Crippen LogP contribution in [-0.2, 0) is 9.59 Å². The van der Waals surface area contributed by atoms with Gasteiger partial charge in [-0.3, -0.25) is 25.1 Å². The average molecular weight is 320 g/mol. The summed E-state index contributed by atoms with van der Waals surface area (Å²) in [5.41, 5.74) is 2.32. The summed E-state index contributed by atoms with van der Waals surface area (Å²) in [7, 11) is 1.84. The van der Waals surface area contributed by atoms with Crippen LogP contribution in [-0.4, -0.2) is 52.2 Å². The van der Waals surface area contributed by atoms with Gasteiger partial charge < -0.3 is 10.0 Å². The first-order valence-electron chi connectivity index (χ1n) is 7.30. The molecule has 0 saturated heterocycles. The lowest BCUT2D eigenvalue weighted by Gasteiger charge is -2.38. The molecule has 8 heteroatoms. The largest absolute Gasteiger partial charge is 0.481 e. The molecule has 1 amide bonds. The van der Waals surface area contributed by atoms with E-state index in [1.165, 1.54) is 11.6 Å². The third-order valence-corrected chi connectivity index (χ3v) is 3.69. The van der Waals surface area contributed by atoms with E-state index in [1.807, 2.05) is 30.3 Å². The van der Waals surface area contributed by atoms with Gasteiger partial charge >= 0.3 is 5.97 Å². The van der Waals surface area contributed by atoms with Gasteiger partial charge in [0.1, 0.15) is 5.84 Å². The first-order chi connectivity index (χ1) is 11.0. The van der Waals surface area contributed by atoms with Crippen molar-refractivity contribution in [3.8, 4) is 0 Å². The zero-order valence-electron chi connectivity index (χ0n) is 12.8. The summed E-state index contributed by atoms with van der Waals surface area (Å²) >= 11 is 0. The normalized spacial score (nSPS) is 23.3. The number of amides is 1. The summed E-state index contributed by atoms with van der Waals surface area (Å²) in [4.78, 5) is 28.3. The summed E-state index contributed by atoms with van der Waals surface area (Å²) in [5.74, 6) is -0.659. The van der Waals surface area contributed by atoms with E-state index in [1.54, 1.807) is 6.08 Å². The number of nitrogens with one attached hydrogen (secondary N) is 2. The number of nitrogens with zero attached hydrogens (tertiary/aromatic N) is 2. The Kier molecular flexibility index (Phi) is 5.67. The van der Waals surface area contributed by atoms with Crippen molar-refractivity contribution in [3.05, 3.63) is 36.1 Å². The maximum Gasteiger partial charge on any atom is 0.303 e. The predicted molar refractivity (Wildman–Crippen MR) is 83.7 cm³/mol. The predicted octanol–water partition coefficient (Wildman–Crippen LogP) is 0.385. The Morgan fingerprint density at radius 3 is 2.91 bits per heavy atom. The SMILES string of the molecule is CNC1CC(CCC(=O)O)N=C2C=CC(/C=C/C(=O)NO)=CN21. The van der Waals surface area contributed by atoms with Crippen molar-refractivity contribution in [2.24, 2.45) is 4.99 Å². The molecule has 0 aliphatic carbocycles. The molecule has 2 heterocycles. The number of hydroxylamine groups is 1. The fourth-order valence-corrected chi connectivity index (χ4v) is 2.53. The third kappa shape index (κ3) is 4.51. The number of carbonyl (C=O) groups is 2. The number of aliphatic carboxylic acids is 1. The van der Waals surface area contributed by atoms with Crippen LogP contribution >= 0.6 is 0 Å². The molecule has 2 aliphatic heterocycles. The Bertz CT molecular complexity index is 594. The highest BCUT2D eigenvalue weighted by Gasteiger charge is 2.28. The first-order valence-corrected chi connectivity index (χ1v) is 7.30. The van der Waals surface area contributed by atoms with Gasteiger partial charge in [-0.1, -0.05) is 0 Å². The van der Waals surface area contributed by atoms with Gasteiger partial charge in [-0.05, 0) is 37.3 Å². The zero-order chi connectivity index (χ0) is 16.8. The number of hydrogen-bond acceptors (Lipinski definition) is 6. The second-order valence-electron chi connectivity index (χ2n) is 5.29. The third-order valence-electron chi connectivity index (χ3n) is 3.69. The highest BCUT2D eigenvalue weighted by atomic mass is 16.5. The molecule has 2 rings (SSSR count). The maximum atomic E-state index is 11.0. The number of carboxylic acid groups (broad SMARTS) is 1. The van der Waals surface area contributed by atoms with E-state index < -0.39 is 11.9 Å². The van der Waals surface area contributed by atoms with Crippen molar-refractivity contribution < 1.29 is 19.9 Å². The van der Waals surface area contributed by atoms with Crippen LogP contribution in [0.4, 0.5) is 0 Å². The Morgan fingerprint density at radius 1 is 1.48 bits per heavy atom. The molecule has 124 valence electrons. The number of hydrogen-bond donors (Lipinski definition) is 4. The number of aliphatic imine (C=N–C) groups is 1. The van der Waals surface area contributed by atoms with Crippen LogP contribution in [0.3, 0.4) is 0 Å². The Morgan fingerprint density at radius 2 is 2.26 bits per heavy atom. The summed E-state index contributed by atoms with van der Waals surface area (Å²) < 4.78 is 0. The van der Waals surface area contributed by atoms with E-state index >= 15 is 0 Å². The molecular formula is C15H20N4O4. The number of fused-ring (bicyclic) bond motifs is 1.